The number of aryl methyl sites for hydroxylation is 1. The lowest BCUT2D eigenvalue weighted by molar-refractivity contribution is 0.195. The largest absolute Gasteiger partial charge is 0.385 e. The molecule has 0 bridgehead atoms. The average Bonchev–Trinajstić information content (AvgIpc) is 2.98. The zero-order valence-electron chi connectivity index (χ0n) is 16.1. The number of thioether (sulfide) groups is 1. The van der Waals surface area contributed by atoms with E-state index in [1.54, 1.807) is 7.11 Å². The molecule has 2 N–H and O–H groups in total. The minimum atomic E-state index is 0. The van der Waals surface area contributed by atoms with E-state index in [0.717, 1.165) is 49.5 Å². The van der Waals surface area contributed by atoms with Crippen molar-refractivity contribution in [2.75, 3.05) is 32.6 Å². The van der Waals surface area contributed by atoms with Crippen LogP contribution in [0.4, 0.5) is 0 Å². The molecule has 9 heteroatoms. The first-order valence-corrected chi connectivity index (χ1v) is 9.73. The molecule has 0 saturated heterocycles. The molecule has 0 atom stereocenters. The van der Waals surface area contributed by atoms with Gasteiger partial charge in [-0.3, -0.25) is 0 Å². The van der Waals surface area contributed by atoms with Crippen molar-refractivity contribution in [2.24, 2.45) is 12.0 Å². The third kappa shape index (κ3) is 8.93. The summed E-state index contributed by atoms with van der Waals surface area (Å²) in [6.45, 7) is 4.79. The minimum Gasteiger partial charge on any atom is -0.385 e. The SMILES string of the molecule is COCCCNC(=NCc1nnc(C)n1C)NCCSc1ccccc1.I. The van der Waals surface area contributed by atoms with Gasteiger partial charge in [-0.2, -0.15) is 0 Å². The van der Waals surface area contributed by atoms with Crippen molar-refractivity contribution in [3.63, 3.8) is 0 Å². The molecule has 0 spiro atoms. The standard InChI is InChI=1S/C18H28N6OS.HI/c1-15-22-23-17(24(15)2)14-21-18(19-10-7-12-25-3)20-11-13-26-16-8-5-4-6-9-16;/h4-6,8-9H,7,10-14H2,1-3H3,(H2,19,20,21);1H. The minimum absolute atomic E-state index is 0. The van der Waals surface area contributed by atoms with Gasteiger partial charge in [0.2, 0.25) is 0 Å². The van der Waals surface area contributed by atoms with Crippen LogP contribution in [0.1, 0.15) is 18.1 Å². The Hall–Kier alpha value is -1.33. The predicted molar refractivity (Wildman–Crippen MR) is 122 cm³/mol. The Morgan fingerprint density at radius 2 is 1.93 bits per heavy atom. The highest BCUT2D eigenvalue weighted by atomic mass is 127. The Morgan fingerprint density at radius 3 is 2.59 bits per heavy atom. The molecule has 27 heavy (non-hydrogen) atoms. The lowest BCUT2D eigenvalue weighted by Crippen LogP contribution is -2.39. The molecule has 0 unspecified atom stereocenters. The van der Waals surface area contributed by atoms with Gasteiger partial charge in [-0.05, 0) is 25.5 Å². The second-order valence-corrected chi connectivity index (χ2v) is 6.92. The summed E-state index contributed by atoms with van der Waals surface area (Å²) in [4.78, 5) is 5.90. The summed E-state index contributed by atoms with van der Waals surface area (Å²) in [6.07, 6.45) is 0.930. The number of ether oxygens (including phenoxy) is 1. The summed E-state index contributed by atoms with van der Waals surface area (Å²) in [5, 5.41) is 15.0. The number of hydrogen-bond acceptors (Lipinski definition) is 5. The van der Waals surface area contributed by atoms with Gasteiger partial charge in [0, 0.05) is 44.5 Å². The summed E-state index contributed by atoms with van der Waals surface area (Å²) in [7, 11) is 3.67. The molecular weight excluding hydrogens is 475 g/mol. The summed E-state index contributed by atoms with van der Waals surface area (Å²) < 4.78 is 7.05. The van der Waals surface area contributed by atoms with Crippen LogP contribution >= 0.6 is 35.7 Å². The van der Waals surface area contributed by atoms with Crippen molar-refractivity contribution >= 4 is 41.7 Å². The highest BCUT2D eigenvalue weighted by Crippen LogP contribution is 2.15. The van der Waals surface area contributed by atoms with Gasteiger partial charge in [0.05, 0.1) is 0 Å². The zero-order valence-corrected chi connectivity index (χ0v) is 19.3. The number of benzene rings is 1. The molecule has 0 aliphatic carbocycles. The van der Waals surface area contributed by atoms with E-state index in [-0.39, 0.29) is 24.0 Å². The van der Waals surface area contributed by atoms with Crippen molar-refractivity contribution in [1.29, 1.82) is 0 Å². The van der Waals surface area contributed by atoms with Crippen LogP contribution in [0.25, 0.3) is 0 Å². The number of aliphatic imine (C=N–C) groups is 1. The molecule has 7 nitrogen and oxygen atoms in total. The maximum absolute atomic E-state index is 5.09. The first kappa shape index (κ1) is 23.7. The van der Waals surface area contributed by atoms with E-state index >= 15 is 0 Å². The Labute approximate surface area is 182 Å². The highest BCUT2D eigenvalue weighted by Gasteiger charge is 2.05. The number of guanidine groups is 1. The van der Waals surface area contributed by atoms with Crippen LogP contribution in [0.5, 0.6) is 0 Å². The van der Waals surface area contributed by atoms with Gasteiger partial charge < -0.3 is 19.9 Å². The van der Waals surface area contributed by atoms with Crippen LogP contribution in [0.15, 0.2) is 40.2 Å². The van der Waals surface area contributed by atoms with Crippen molar-refractivity contribution in [3.8, 4) is 0 Å². The number of nitrogens with one attached hydrogen (secondary N) is 2. The fraction of sp³-hybridized carbons (Fsp3) is 0.500. The molecule has 2 aromatic rings. The molecule has 0 radical (unpaired) electrons. The molecule has 150 valence electrons. The van der Waals surface area contributed by atoms with Crippen molar-refractivity contribution in [3.05, 3.63) is 42.0 Å². The Morgan fingerprint density at radius 1 is 1.19 bits per heavy atom. The molecule has 0 saturated carbocycles. The number of methoxy groups -OCH3 is 1. The first-order chi connectivity index (χ1) is 12.7. The number of halogens is 1. The van der Waals surface area contributed by atoms with Crippen LogP contribution in [0.3, 0.4) is 0 Å². The van der Waals surface area contributed by atoms with E-state index in [9.17, 15) is 0 Å². The van der Waals surface area contributed by atoms with E-state index in [4.69, 9.17) is 4.74 Å². The Balaban J connectivity index is 0.00000364. The van der Waals surface area contributed by atoms with Crippen molar-refractivity contribution in [2.45, 2.75) is 24.8 Å². The fourth-order valence-corrected chi connectivity index (χ4v) is 2.98. The monoisotopic (exact) mass is 504 g/mol. The topological polar surface area (TPSA) is 76.4 Å². The number of aromatic nitrogens is 3. The van der Waals surface area contributed by atoms with Gasteiger partial charge in [0.15, 0.2) is 11.8 Å². The maximum Gasteiger partial charge on any atom is 0.191 e. The second kappa shape index (κ2) is 13.8. The molecule has 0 amide bonds. The smallest absolute Gasteiger partial charge is 0.191 e. The normalized spacial score (nSPS) is 11.1. The molecule has 0 aliphatic rings. The third-order valence-corrected chi connectivity index (χ3v) is 4.80. The van der Waals surface area contributed by atoms with Gasteiger partial charge in [-0.15, -0.1) is 45.9 Å². The Kier molecular flexibility index (Phi) is 12.1. The Bertz CT molecular complexity index is 680. The van der Waals surface area contributed by atoms with Gasteiger partial charge in [-0.1, -0.05) is 18.2 Å². The lowest BCUT2D eigenvalue weighted by atomic mass is 10.4. The highest BCUT2D eigenvalue weighted by molar-refractivity contribution is 14.0. The molecule has 1 aromatic heterocycles. The van der Waals surface area contributed by atoms with E-state index in [1.165, 1.54) is 4.90 Å². The quantitative estimate of drug-likeness (QED) is 0.170. The first-order valence-electron chi connectivity index (χ1n) is 8.74. The van der Waals surface area contributed by atoms with Crippen LogP contribution in [-0.2, 0) is 18.3 Å². The molecule has 2 rings (SSSR count). The maximum atomic E-state index is 5.09. The van der Waals surface area contributed by atoms with Crippen LogP contribution in [0.2, 0.25) is 0 Å². The number of rotatable bonds is 10. The molecule has 0 fully saturated rings. The van der Waals surface area contributed by atoms with Crippen LogP contribution in [0, 0.1) is 6.92 Å². The lowest BCUT2D eigenvalue weighted by Gasteiger charge is -2.12. The van der Waals surface area contributed by atoms with Crippen LogP contribution < -0.4 is 10.6 Å². The molecule has 1 aromatic carbocycles. The van der Waals surface area contributed by atoms with E-state index < -0.39 is 0 Å². The van der Waals surface area contributed by atoms with Gasteiger partial charge >= 0.3 is 0 Å². The summed E-state index contributed by atoms with van der Waals surface area (Å²) >= 11 is 1.82. The average molecular weight is 504 g/mol. The third-order valence-electron chi connectivity index (χ3n) is 3.79. The van der Waals surface area contributed by atoms with E-state index in [2.05, 4.69) is 50.1 Å². The number of hydrogen-bond donors (Lipinski definition) is 2. The number of nitrogens with zero attached hydrogens (tertiary/aromatic N) is 4. The van der Waals surface area contributed by atoms with Crippen LogP contribution in [-0.4, -0.2) is 53.3 Å². The van der Waals surface area contributed by atoms with E-state index in [1.807, 2.05) is 36.4 Å². The predicted octanol–water partition coefficient (Wildman–Crippen LogP) is 2.61. The fourth-order valence-electron chi connectivity index (χ4n) is 2.19. The van der Waals surface area contributed by atoms with Crippen molar-refractivity contribution < 1.29 is 4.74 Å². The summed E-state index contributed by atoms with van der Waals surface area (Å²) in [6, 6.07) is 10.4. The summed E-state index contributed by atoms with van der Waals surface area (Å²) in [5.74, 6) is 3.48. The summed E-state index contributed by atoms with van der Waals surface area (Å²) in [5.41, 5.74) is 0. The van der Waals surface area contributed by atoms with Gasteiger partial charge in [-0.25, -0.2) is 4.99 Å². The van der Waals surface area contributed by atoms with E-state index in [0.29, 0.717) is 6.54 Å². The zero-order chi connectivity index (χ0) is 18.6. The van der Waals surface area contributed by atoms with Gasteiger partial charge in [0.25, 0.3) is 0 Å². The van der Waals surface area contributed by atoms with Gasteiger partial charge in [0.1, 0.15) is 12.4 Å². The van der Waals surface area contributed by atoms with Crippen molar-refractivity contribution in [1.82, 2.24) is 25.4 Å². The molecular formula is C18H29IN6OS. The molecule has 0 aliphatic heterocycles. The second-order valence-electron chi connectivity index (χ2n) is 5.75. The molecule has 1 heterocycles.